The summed E-state index contributed by atoms with van der Waals surface area (Å²) in [6.45, 7) is 0.400. The molecule has 100 valence electrons. The Morgan fingerprint density at radius 3 is 2.80 bits per heavy atom. The maximum atomic E-state index is 12.4. The van der Waals surface area contributed by atoms with E-state index in [9.17, 15) is 4.79 Å². The van der Waals surface area contributed by atoms with Crippen LogP contribution in [0.25, 0.3) is 6.08 Å². The highest BCUT2D eigenvalue weighted by Crippen LogP contribution is 2.32. The lowest BCUT2D eigenvalue weighted by molar-refractivity contribution is -0.123. The van der Waals surface area contributed by atoms with Gasteiger partial charge >= 0.3 is 0 Å². The van der Waals surface area contributed by atoms with Gasteiger partial charge in [0, 0.05) is 12.4 Å². The van der Waals surface area contributed by atoms with Gasteiger partial charge in [-0.25, -0.2) is 4.98 Å². The Hall–Kier alpha value is -1.92. The zero-order valence-electron chi connectivity index (χ0n) is 10.5. The topological polar surface area (TPSA) is 38.1 Å². The molecule has 1 aliphatic heterocycles. The molecule has 0 unspecified atom stereocenters. The maximum Gasteiger partial charge on any atom is 0.267 e. The summed E-state index contributed by atoms with van der Waals surface area (Å²) in [7, 11) is 0. The summed E-state index contributed by atoms with van der Waals surface area (Å²) >= 11 is 6.61. The van der Waals surface area contributed by atoms with Crippen molar-refractivity contribution in [2.45, 2.75) is 6.67 Å². The number of thiocarbonyl (C=S) groups is 1. The molecule has 2 heterocycles. The molecule has 1 aromatic heterocycles. The van der Waals surface area contributed by atoms with Crippen LogP contribution < -0.4 is 0 Å². The van der Waals surface area contributed by atoms with Gasteiger partial charge in [-0.05, 0) is 11.6 Å². The fraction of sp³-hybridized carbons (Fsp3) is 0.0714. The number of thioether (sulfide) groups is 1. The van der Waals surface area contributed by atoms with E-state index in [1.807, 2.05) is 41.0 Å². The van der Waals surface area contributed by atoms with Crippen molar-refractivity contribution in [3.8, 4) is 0 Å². The van der Waals surface area contributed by atoms with Gasteiger partial charge in [-0.1, -0.05) is 54.3 Å². The molecule has 0 atom stereocenters. The van der Waals surface area contributed by atoms with Crippen LogP contribution in [0.2, 0.25) is 0 Å². The molecule has 1 saturated heterocycles. The molecule has 2 aromatic rings. The second kappa shape index (κ2) is 5.60. The highest BCUT2D eigenvalue weighted by molar-refractivity contribution is 8.26. The predicted octanol–water partition coefficient (Wildman–Crippen LogP) is 2.74. The lowest BCUT2D eigenvalue weighted by Gasteiger charge is -2.14. The molecule has 0 saturated carbocycles. The van der Waals surface area contributed by atoms with E-state index >= 15 is 0 Å². The standard InChI is InChI=1S/C14H11N3OS2/c18-13-12(8-11-4-2-1-3-5-11)20-14(19)17(13)10-16-7-6-15-9-16/h1-9H,10H2/b12-8-. The Morgan fingerprint density at radius 2 is 2.10 bits per heavy atom. The lowest BCUT2D eigenvalue weighted by Crippen LogP contribution is -2.29. The monoisotopic (exact) mass is 301 g/mol. The average Bonchev–Trinajstić information content (AvgIpc) is 3.05. The van der Waals surface area contributed by atoms with E-state index in [-0.39, 0.29) is 5.91 Å². The van der Waals surface area contributed by atoms with Crippen molar-refractivity contribution in [1.82, 2.24) is 14.5 Å². The van der Waals surface area contributed by atoms with Gasteiger partial charge in [-0.2, -0.15) is 0 Å². The summed E-state index contributed by atoms with van der Waals surface area (Å²) in [4.78, 5) is 18.6. The Bertz CT molecular complexity index is 665. The van der Waals surface area contributed by atoms with Gasteiger partial charge < -0.3 is 4.57 Å². The molecule has 3 rings (SSSR count). The summed E-state index contributed by atoms with van der Waals surface area (Å²) in [5.41, 5.74) is 0.996. The van der Waals surface area contributed by atoms with Gasteiger partial charge in [0.05, 0.1) is 11.2 Å². The Morgan fingerprint density at radius 1 is 1.30 bits per heavy atom. The van der Waals surface area contributed by atoms with Crippen LogP contribution in [0.4, 0.5) is 0 Å². The Labute approximate surface area is 126 Å². The molecule has 1 fully saturated rings. The minimum atomic E-state index is -0.0578. The summed E-state index contributed by atoms with van der Waals surface area (Å²) in [5, 5.41) is 0. The molecular weight excluding hydrogens is 290 g/mol. The number of rotatable bonds is 3. The summed E-state index contributed by atoms with van der Waals surface area (Å²) in [6, 6.07) is 9.75. The van der Waals surface area contributed by atoms with Gasteiger partial charge in [0.15, 0.2) is 0 Å². The van der Waals surface area contributed by atoms with E-state index in [1.54, 1.807) is 23.6 Å². The van der Waals surface area contributed by atoms with Crippen LogP contribution in [-0.4, -0.2) is 24.7 Å². The smallest absolute Gasteiger partial charge is 0.267 e. The van der Waals surface area contributed by atoms with Crippen LogP contribution in [0.1, 0.15) is 5.56 Å². The van der Waals surface area contributed by atoms with Gasteiger partial charge in [-0.15, -0.1) is 0 Å². The van der Waals surface area contributed by atoms with E-state index in [4.69, 9.17) is 12.2 Å². The number of imidazole rings is 1. The van der Waals surface area contributed by atoms with Crippen molar-refractivity contribution in [3.63, 3.8) is 0 Å². The average molecular weight is 301 g/mol. The Balaban J connectivity index is 1.82. The van der Waals surface area contributed by atoms with Gasteiger partial charge in [-0.3, -0.25) is 9.69 Å². The van der Waals surface area contributed by atoms with Gasteiger partial charge in [0.1, 0.15) is 11.0 Å². The summed E-state index contributed by atoms with van der Waals surface area (Å²) in [5.74, 6) is -0.0578. The molecule has 0 spiro atoms. The van der Waals surface area contributed by atoms with Crippen LogP contribution in [0.5, 0.6) is 0 Å². The minimum Gasteiger partial charge on any atom is -0.319 e. The molecule has 1 aromatic carbocycles. The fourth-order valence-electron chi connectivity index (χ4n) is 1.86. The first kappa shape index (κ1) is 13.1. The quantitative estimate of drug-likeness (QED) is 0.645. The first-order chi connectivity index (χ1) is 9.74. The molecule has 0 aliphatic carbocycles. The number of carbonyl (C=O) groups excluding carboxylic acids is 1. The van der Waals surface area contributed by atoms with Gasteiger partial charge in [0.2, 0.25) is 0 Å². The molecule has 1 aliphatic rings. The largest absolute Gasteiger partial charge is 0.319 e. The molecule has 0 N–H and O–H groups in total. The number of aromatic nitrogens is 2. The number of hydrogen-bond donors (Lipinski definition) is 0. The van der Waals surface area contributed by atoms with E-state index < -0.39 is 0 Å². The van der Waals surface area contributed by atoms with E-state index in [2.05, 4.69) is 4.98 Å². The van der Waals surface area contributed by atoms with Crippen LogP contribution in [-0.2, 0) is 11.5 Å². The second-order valence-electron chi connectivity index (χ2n) is 4.24. The molecule has 6 heteroatoms. The molecule has 20 heavy (non-hydrogen) atoms. The molecule has 4 nitrogen and oxygen atoms in total. The van der Waals surface area contributed by atoms with Crippen molar-refractivity contribution >= 4 is 40.3 Å². The highest BCUT2D eigenvalue weighted by atomic mass is 32.2. The number of hydrogen-bond acceptors (Lipinski definition) is 4. The van der Waals surface area contributed by atoms with Gasteiger partial charge in [0.25, 0.3) is 5.91 Å². The summed E-state index contributed by atoms with van der Waals surface area (Å²) in [6.07, 6.45) is 7.02. The highest BCUT2D eigenvalue weighted by Gasteiger charge is 2.31. The third-order valence-corrected chi connectivity index (χ3v) is 4.21. The fourth-order valence-corrected chi connectivity index (χ4v) is 3.10. The molecular formula is C14H11N3OS2. The van der Waals surface area contributed by atoms with E-state index in [0.717, 1.165) is 5.56 Å². The zero-order chi connectivity index (χ0) is 13.9. The number of nitrogens with zero attached hydrogens (tertiary/aromatic N) is 3. The number of amides is 1. The molecule has 1 amide bonds. The van der Waals surface area contributed by atoms with Crippen LogP contribution in [0.3, 0.4) is 0 Å². The number of carbonyl (C=O) groups is 1. The Kier molecular flexibility index (Phi) is 3.66. The van der Waals surface area contributed by atoms with Crippen LogP contribution in [0.15, 0.2) is 54.0 Å². The van der Waals surface area contributed by atoms with Crippen molar-refractivity contribution in [2.75, 3.05) is 0 Å². The molecule has 0 bridgehead atoms. The SMILES string of the molecule is O=C1/C(=C/c2ccccc2)SC(=S)N1Cn1ccnc1. The van der Waals surface area contributed by atoms with Crippen molar-refractivity contribution in [2.24, 2.45) is 0 Å². The predicted molar refractivity (Wildman–Crippen MR) is 83.7 cm³/mol. The minimum absolute atomic E-state index is 0.0578. The van der Waals surface area contributed by atoms with Crippen LogP contribution >= 0.6 is 24.0 Å². The third kappa shape index (κ3) is 2.66. The van der Waals surface area contributed by atoms with Crippen molar-refractivity contribution in [1.29, 1.82) is 0 Å². The first-order valence-electron chi connectivity index (χ1n) is 6.00. The zero-order valence-corrected chi connectivity index (χ0v) is 12.1. The normalized spacial score (nSPS) is 17.2. The first-order valence-corrected chi connectivity index (χ1v) is 7.23. The van der Waals surface area contributed by atoms with E-state index in [0.29, 0.717) is 15.9 Å². The second-order valence-corrected chi connectivity index (χ2v) is 5.91. The number of benzene rings is 1. The lowest BCUT2D eigenvalue weighted by atomic mass is 10.2. The maximum absolute atomic E-state index is 12.4. The third-order valence-electron chi connectivity index (χ3n) is 2.83. The van der Waals surface area contributed by atoms with Crippen LogP contribution in [0, 0.1) is 0 Å². The van der Waals surface area contributed by atoms with Crippen molar-refractivity contribution < 1.29 is 4.79 Å². The molecule has 0 radical (unpaired) electrons. The van der Waals surface area contributed by atoms with Crippen molar-refractivity contribution in [3.05, 3.63) is 59.5 Å². The summed E-state index contributed by atoms with van der Waals surface area (Å²) < 4.78 is 2.39. The van der Waals surface area contributed by atoms with E-state index in [1.165, 1.54) is 11.8 Å².